The molecule has 0 atom stereocenters. The molecule has 1 aliphatic rings. The number of nitrogens with one attached hydrogen (secondary N) is 3. The van der Waals surface area contributed by atoms with E-state index in [1.165, 1.54) is 0 Å². The van der Waals surface area contributed by atoms with Gasteiger partial charge in [-0.25, -0.2) is 0 Å². The number of aromatic nitrogens is 2. The van der Waals surface area contributed by atoms with Gasteiger partial charge in [0.25, 0.3) is 5.91 Å². The van der Waals surface area contributed by atoms with Crippen molar-refractivity contribution in [3.05, 3.63) is 11.4 Å². The quantitative estimate of drug-likeness (QED) is 0.623. The van der Waals surface area contributed by atoms with Gasteiger partial charge in [0.15, 0.2) is 5.69 Å². The Bertz CT molecular complexity index is 531. The van der Waals surface area contributed by atoms with E-state index in [0.717, 1.165) is 18.5 Å². The number of aromatic amines is 1. The van der Waals surface area contributed by atoms with Crippen molar-refractivity contribution in [2.45, 2.75) is 32.6 Å². The van der Waals surface area contributed by atoms with Gasteiger partial charge < -0.3 is 16.4 Å². The molecule has 20 heavy (non-hydrogen) atoms. The Morgan fingerprint density at radius 2 is 2.10 bits per heavy atom. The zero-order valence-corrected chi connectivity index (χ0v) is 12.0. The second-order valence-corrected chi connectivity index (χ2v) is 5.82. The van der Waals surface area contributed by atoms with Gasteiger partial charge in [0.2, 0.25) is 5.91 Å². The van der Waals surface area contributed by atoms with Gasteiger partial charge in [-0.1, -0.05) is 0 Å². The SMILES string of the molecule is CNC(=O)C(C)(C)CNC(=O)c1n[nH]c(C2CC2)c1N. The number of carbonyl (C=O) groups excluding carboxylic acids is 2. The van der Waals surface area contributed by atoms with Gasteiger partial charge in [-0.15, -0.1) is 0 Å². The summed E-state index contributed by atoms with van der Waals surface area (Å²) in [7, 11) is 1.57. The lowest BCUT2D eigenvalue weighted by molar-refractivity contribution is -0.128. The first-order chi connectivity index (χ1) is 9.36. The number of rotatable bonds is 5. The molecule has 0 unspecified atom stereocenters. The van der Waals surface area contributed by atoms with Crippen LogP contribution in [0.5, 0.6) is 0 Å². The summed E-state index contributed by atoms with van der Waals surface area (Å²) < 4.78 is 0. The Morgan fingerprint density at radius 1 is 1.45 bits per heavy atom. The smallest absolute Gasteiger partial charge is 0.273 e. The summed E-state index contributed by atoms with van der Waals surface area (Å²) in [5.74, 6) is -0.0829. The van der Waals surface area contributed by atoms with Crippen molar-refractivity contribution in [3.63, 3.8) is 0 Å². The fourth-order valence-corrected chi connectivity index (χ4v) is 2.02. The average Bonchev–Trinajstić information content (AvgIpc) is 3.18. The monoisotopic (exact) mass is 279 g/mol. The summed E-state index contributed by atoms with van der Waals surface area (Å²) in [4.78, 5) is 23.7. The molecule has 7 nitrogen and oxygen atoms in total. The summed E-state index contributed by atoms with van der Waals surface area (Å²) in [6.45, 7) is 3.74. The summed E-state index contributed by atoms with van der Waals surface area (Å²) in [5.41, 5.74) is 6.73. The summed E-state index contributed by atoms with van der Waals surface area (Å²) in [5, 5.41) is 12.1. The van der Waals surface area contributed by atoms with Crippen LogP contribution in [0, 0.1) is 5.41 Å². The fraction of sp³-hybridized carbons (Fsp3) is 0.615. The molecule has 1 heterocycles. The molecule has 5 N–H and O–H groups in total. The maximum Gasteiger partial charge on any atom is 0.273 e. The highest BCUT2D eigenvalue weighted by molar-refractivity contribution is 5.98. The molecule has 2 rings (SSSR count). The van der Waals surface area contributed by atoms with E-state index in [1.807, 2.05) is 0 Å². The van der Waals surface area contributed by atoms with E-state index >= 15 is 0 Å². The van der Waals surface area contributed by atoms with E-state index in [2.05, 4.69) is 20.8 Å². The molecule has 7 heteroatoms. The number of hydrogen-bond acceptors (Lipinski definition) is 4. The predicted octanol–water partition coefficient (Wildman–Crippen LogP) is 0.371. The lowest BCUT2D eigenvalue weighted by Gasteiger charge is -2.22. The molecule has 1 aromatic heterocycles. The molecule has 2 amide bonds. The van der Waals surface area contributed by atoms with Crippen LogP contribution in [0.2, 0.25) is 0 Å². The van der Waals surface area contributed by atoms with Crippen LogP contribution in [0.3, 0.4) is 0 Å². The molecular formula is C13H21N5O2. The van der Waals surface area contributed by atoms with E-state index in [1.54, 1.807) is 20.9 Å². The lowest BCUT2D eigenvalue weighted by atomic mass is 9.92. The van der Waals surface area contributed by atoms with Crippen LogP contribution in [0.15, 0.2) is 0 Å². The number of nitrogen functional groups attached to an aromatic ring is 1. The van der Waals surface area contributed by atoms with Gasteiger partial charge in [0.05, 0.1) is 16.8 Å². The van der Waals surface area contributed by atoms with Crippen molar-refractivity contribution in [2.75, 3.05) is 19.3 Å². The zero-order valence-electron chi connectivity index (χ0n) is 12.0. The summed E-state index contributed by atoms with van der Waals surface area (Å²) in [6.07, 6.45) is 2.16. The molecule has 0 spiro atoms. The first kappa shape index (κ1) is 14.4. The molecule has 1 fully saturated rings. The lowest BCUT2D eigenvalue weighted by Crippen LogP contribution is -2.43. The molecule has 110 valence electrons. The Morgan fingerprint density at radius 3 is 2.65 bits per heavy atom. The third-order valence-corrected chi connectivity index (χ3v) is 3.57. The largest absolute Gasteiger partial charge is 0.395 e. The Kier molecular flexibility index (Phi) is 3.69. The van der Waals surface area contributed by atoms with E-state index in [-0.39, 0.29) is 24.1 Å². The standard InChI is InChI=1S/C13H21N5O2/c1-13(2,12(20)15-3)6-16-11(19)10-8(14)9(17-18-10)7-4-5-7/h7H,4-6,14H2,1-3H3,(H,15,20)(H,16,19)(H,17,18). The van der Waals surface area contributed by atoms with Crippen molar-refractivity contribution < 1.29 is 9.59 Å². The Hall–Kier alpha value is -2.05. The van der Waals surface area contributed by atoms with Crippen LogP contribution in [0.4, 0.5) is 5.69 Å². The second kappa shape index (κ2) is 5.15. The van der Waals surface area contributed by atoms with Gasteiger partial charge in [-0.2, -0.15) is 5.10 Å². The maximum atomic E-state index is 12.1. The van der Waals surface area contributed by atoms with Crippen molar-refractivity contribution in [1.82, 2.24) is 20.8 Å². The molecule has 1 aliphatic carbocycles. The van der Waals surface area contributed by atoms with Gasteiger partial charge in [-0.05, 0) is 26.7 Å². The average molecular weight is 279 g/mol. The van der Waals surface area contributed by atoms with Crippen LogP contribution in [-0.4, -0.2) is 35.6 Å². The van der Waals surface area contributed by atoms with Crippen molar-refractivity contribution in [3.8, 4) is 0 Å². The zero-order chi connectivity index (χ0) is 14.9. The number of nitrogens with two attached hydrogens (primary N) is 1. The van der Waals surface area contributed by atoms with Crippen LogP contribution >= 0.6 is 0 Å². The first-order valence-corrected chi connectivity index (χ1v) is 6.71. The number of H-pyrrole nitrogens is 1. The molecule has 1 aromatic rings. The normalized spacial score (nSPS) is 14.9. The minimum Gasteiger partial charge on any atom is -0.395 e. The first-order valence-electron chi connectivity index (χ1n) is 6.71. The number of hydrogen-bond donors (Lipinski definition) is 4. The Labute approximate surface area is 117 Å². The van der Waals surface area contributed by atoms with Crippen LogP contribution in [0.1, 0.15) is 48.8 Å². The van der Waals surface area contributed by atoms with E-state index in [9.17, 15) is 9.59 Å². The minimum atomic E-state index is -0.686. The highest BCUT2D eigenvalue weighted by Gasteiger charge is 2.31. The Balaban J connectivity index is 2.00. The number of carbonyl (C=O) groups is 2. The minimum absolute atomic E-state index is 0.133. The van der Waals surface area contributed by atoms with E-state index in [4.69, 9.17) is 5.73 Å². The van der Waals surface area contributed by atoms with Crippen molar-refractivity contribution >= 4 is 17.5 Å². The van der Waals surface area contributed by atoms with Crippen molar-refractivity contribution in [2.24, 2.45) is 5.41 Å². The number of anilines is 1. The summed E-state index contributed by atoms with van der Waals surface area (Å²) in [6, 6.07) is 0. The van der Waals surface area contributed by atoms with Crippen LogP contribution in [0.25, 0.3) is 0 Å². The van der Waals surface area contributed by atoms with Crippen molar-refractivity contribution in [1.29, 1.82) is 0 Å². The highest BCUT2D eigenvalue weighted by Crippen LogP contribution is 2.42. The molecule has 0 radical (unpaired) electrons. The molecule has 0 aliphatic heterocycles. The molecule has 0 saturated heterocycles. The number of nitrogens with zero attached hydrogens (tertiary/aromatic N) is 1. The van der Waals surface area contributed by atoms with Crippen LogP contribution in [-0.2, 0) is 4.79 Å². The van der Waals surface area contributed by atoms with Gasteiger partial charge >= 0.3 is 0 Å². The second-order valence-electron chi connectivity index (χ2n) is 5.82. The van der Waals surface area contributed by atoms with Gasteiger partial charge in [0.1, 0.15) is 0 Å². The van der Waals surface area contributed by atoms with Crippen LogP contribution < -0.4 is 16.4 Å². The molecule has 1 saturated carbocycles. The number of amides is 2. The van der Waals surface area contributed by atoms with E-state index < -0.39 is 5.41 Å². The third kappa shape index (κ3) is 2.76. The third-order valence-electron chi connectivity index (χ3n) is 3.57. The molecular weight excluding hydrogens is 258 g/mol. The fourth-order valence-electron chi connectivity index (χ4n) is 2.02. The van der Waals surface area contributed by atoms with Gasteiger partial charge in [-0.3, -0.25) is 14.7 Å². The topological polar surface area (TPSA) is 113 Å². The molecule has 0 aromatic carbocycles. The maximum absolute atomic E-state index is 12.1. The van der Waals surface area contributed by atoms with E-state index in [0.29, 0.717) is 11.6 Å². The van der Waals surface area contributed by atoms with Gasteiger partial charge in [0, 0.05) is 19.5 Å². The highest BCUT2D eigenvalue weighted by atomic mass is 16.2. The predicted molar refractivity (Wildman–Crippen MR) is 75.2 cm³/mol. The molecule has 0 bridgehead atoms. The summed E-state index contributed by atoms with van der Waals surface area (Å²) >= 11 is 0.